The molecule has 1 heterocycles. The molecule has 0 aliphatic heterocycles. The van der Waals surface area contributed by atoms with Crippen molar-refractivity contribution >= 4 is 0 Å². The van der Waals surface area contributed by atoms with Gasteiger partial charge in [0.15, 0.2) is 11.5 Å². The SMILES string of the molecule is COc1ccc(-c2cc(O)cc(=O)o2)cc1OC. The first-order chi connectivity index (χ1) is 8.63. The second kappa shape index (κ2) is 4.83. The summed E-state index contributed by atoms with van der Waals surface area (Å²) in [6.07, 6.45) is 0. The van der Waals surface area contributed by atoms with E-state index < -0.39 is 5.63 Å². The summed E-state index contributed by atoms with van der Waals surface area (Å²) >= 11 is 0. The highest BCUT2D eigenvalue weighted by atomic mass is 16.5. The molecule has 0 spiro atoms. The molecule has 5 nitrogen and oxygen atoms in total. The van der Waals surface area contributed by atoms with Crippen LogP contribution < -0.4 is 15.1 Å². The van der Waals surface area contributed by atoms with Crippen molar-refractivity contribution < 1.29 is 19.0 Å². The van der Waals surface area contributed by atoms with Gasteiger partial charge >= 0.3 is 5.63 Å². The van der Waals surface area contributed by atoms with Gasteiger partial charge in [-0.3, -0.25) is 0 Å². The molecular weight excluding hydrogens is 236 g/mol. The highest BCUT2D eigenvalue weighted by molar-refractivity contribution is 5.63. The van der Waals surface area contributed by atoms with E-state index in [0.717, 1.165) is 6.07 Å². The second-order valence-electron chi connectivity index (χ2n) is 3.57. The zero-order valence-electron chi connectivity index (χ0n) is 9.97. The summed E-state index contributed by atoms with van der Waals surface area (Å²) in [7, 11) is 3.05. The predicted octanol–water partition coefficient (Wildman–Crippen LogP) is 2.03. The van der Waals surface area contributed by atoms with E-state index in [2.05, 4.69) is 0 Å². The number of aromatic hydroxyl groups is 1. The van der Waals surface area contributed by atoms with E-state index >= 15 is 0 Å². The molecule has 2 aromatic rings. The molecule has 94 valence electrons. The van der Waals surface area contributed by atoms with Crippen LogP contribution in [0, 0.1) is 0 Å². The number of benzene rings is 1. The molecule has 1 aromatic carbocycles. The molecular formula is C13H12O5. The zero-order valence-corrected chi connectivity index (χ0v) is 9.97. The molecule has 0 saturated heterocycles. The van der Waals surface area contributed by atoms with Crippen LogP contribution in [0.2, 0.25) is 0 Å². The number of ether oxygens (including phenoxy) is 2. The molecule has 0 atom stereocenters. The summed E-state index contributed by atoms with van der Waals surface area (Å²) in [5.41, 5.74) is 0.000403. The monoisotopic (exact) mass is 248 g/mol. The van der Waals surface area contributed by atoms with Crippen molar-refractivity contribution in [2.75, 3.05) is 14.2 Å². The van der Waals surface area contributed by atoms with Crippen molar-refractivity contribution in [2.24, 2.45) is 0 Å². The van der Waals surface area contributed by atoms with Crippen LogP contribution in [0.1, 0.15) is 0 Å². The largest absolute Gasteiger partial charge is 0.508 e. The van der Waals surface area contributed by atoms with E-state index in [9.17, 15) is 9.90 Å². The van der Waals surface area contributed by atoms with Gasteiger partial charge in [0.2, 0.25) is 0 Å². The summed E-state index contributed by atoms with van der Waals surface area (Å²) < 4.78 is 15.3. The molecule has 0 saturated carbocycles. The van der Waals surface area contributed by atoms with Crippen LogP contribution in [0.3, 0.4) is 0 Å². The summed E-state index contributed by atoms with van der Waals surface area (Å²) in [5, 5.41) is 9.37. The first kappa shape index (κ1) is 12.0. The number of hydrogen-bond acceptors (Lipinski definition) is 5. The third-order valence-electron chi connectivity index (χ3n) is 2.42. The van der Waals surface area contributed by atoms with Gasteiger partial charge in [-0.15, -0.1) is 0 Å². The van der Waals surface area contributed by atoms with Gasteiger partial charge < -0.3 is 19.0 Å². The summed E-state index contributed by atoms with van der Waals surface area (Å²) in [6, 6.07) is 7.43. The van der Waals surface area contributed by atoms with Crippen LogP contribution in [0.15, 0.2) is 39.5 Å². The maximum atomic E-state index is 11.2. The Hall–Kier alpha value is -2.43. The molecule has 5 heteroatoms. The molecule has 0 radical (unpaired) electrons. The highest BCUT2D eigenvalue weighted by Crippen LogP contribution is 2.32. The topological polar surface area (TPSA) is 68.9 Å². The van der Waals surface area contributed by atoms with Crippen LogP contribution in [0.25, 0.3) is 11.3 Å². The molecule has 0 unspecified atom stereocenters. The Labute approximate surface area is 103 Å². The number of hydrogen-bond donors (Lipinski definition) is 1. The molecule has 18 heavy (non-hydrogen) atoms. The second-order valence-corrected chi connectivity index (χ2v) is 3.57. The third-order valence-corrected chi connectivity index (χ3v) is 2.42. The lowest BCUT2D eigenvalue weighted by molar-refractivity contribution is 0.355. The Bertz CT molecular complexity index is 615. The average Bonchev–Trinajstić information content (AvgIpc) is 2.36. The van der Waals surface area contributed by atoms with E-state index in [1.807, 2.05) is 0 Å². The van der Waals surface area contributed by atoms with Crippen molar-refractivity contribution in [1.29, 1.82) is 0 Å². The van der Waals surface area contributed by atoms with Crippen molar-refractivity contribution in [2.45, 2.75) is 0 Å². The van der Waals surface area contributed by atoms with E-state index in [1.54, 1.807) is 18.2 Å². The molecule has 1 N–H and O–H groups in total. The van der Waals surface area contributed by atoms with E-state index in [1.165, 1.54) is 20.3 Å². The lowest BCUT2D eigenvalue weighted by atomic mass is 10.1. The van der Waals surface area contributed by atoms with E-state index in [4.69, 9.17) is 13.9 Å². The van der Waals surface area contributed by atoms with Crippen molar-refractivity contribution in [1.82, 2.24) is 0 Å². The van der Waals surface area contributed by atoms with Gasteiger partial charge in [0, 0.05) is 11.6 Å². The van der Waals surface area contributed by atoms with Crippen LogP contribution in [-0.2, 0) is 0 Å². The van der Waals surface area contributed by atoms with Crippen molar-refractivity contribution in [3.63, 3.8) is 0 Å². The molecule has 0 aliphatic rings. The lowest BCUT2D eigenvalue weighted by Gasteiger charge is -2.08. The standard InChI is InChI=1S/C13H12O5/c1-16-10-4-3-8(5-12(10)17-2)11-6-9(14)7-13(15)18-11/h3-7,14H,1-2H3. The molecule has 0 amide bonds. The fraction of sp³-hybridized carbons (Fsp3) is 0.154. The average molecular weight is 248 g/mol. The van der Waals surface area contributed by atoms with Crippen LogP contribution in [0.4, 0.5) is 0 Å². The van der Waals surface area contributed by atoms with E-state index in [0.29, 0.717) is 17.1 Å². The van der Waals surface area contributed by atoms with Gasteiger partial charge in [-0.1, -0.05) is 0 Å². The smallest absolute Gasteiger partial charge is 0.339 e. The summed E-state index contributed by atoms with van der Waals surface area (Å²) in [6.45, 7) is 0. The molecule has 1 aromatic heterocycles. The zero-order chi connectivity index (χ0) is 13.1. The van der Waals surface area contributed by atoms with Crippen LogP contribution in [-0.4, -0.2) is 19.3 Å². The minimum absolute atomic E-state index is 0.143. The maximum Gasteiger partial charge on any atom is 0.339 e. The molecule has 0 aliphatic carbocycles. The van der Waals surface area contributed by atoms with Gasteiger partial charge in [0.05, 0.1) is 20.3 Å². The highest BCUT2D eigenvalue weighted by Gasteiger charge is 2.09. The Balaban J connectivity index is 2.54. The first-order valence-electron chi connectivity index (χ1n) is 5.20. The number of methoxy groups -OCH3 is 2. The third kappa shape index (κ3) is 2.29. The van der Waals surface area contributed by atoms with Crippen LogP contribution >= 0.6 is 0 Å². The molecule has 0 fully saturated rings. The minimum Gasteiger partial charge on any atom is -0.508 e. The summed E-state index contributed by atoms with van der Waals surface area (Å²) in [5.74, 6) is 1.21. The fourth-order valence-electron chi connectivity index (χ4n) is 1.60. The van der Waals surface area contributed by atoms with Gasteiger partial charge in [0.1, 0.15) is 11.5 Å². The molecule has 2 rings (SSSR count). The van der Waals surface area contributed by atoms with Crippen molar-refractivity contribution in [3.05, 3.63) is 40.8 Å². The Morgan fingerprint density at radius 3 is 2.39 bits per heavy atom. The fourth-order valence-corrected chi connectivity index (χ4v) is 1.60. The maximum absolute atomic E-state index is 11.2. The predicted molar refractivity (Wildman–Crippen MR) is 65.2 cm³/mol. The summed E-state index contributed by atoms with van der Waals surface area (Å²) in [4.78, 5) is 11.2. The molecule has 0 bridgehead atoms. The Morgan fingerprint density at radius 1 is 1.06 bits per heavy atom. The quantitative estimate of drug-likeness (QED) is 0.900. The lowest BCUT2D eigenvalue weighted by Crippen LogP contribution is -1.97. The Morgan fingerprint density at radius 2 is 1.78 bits per heavy atom. The Kier molecular flexibility index (Phi) is 3.23. The van der Waals surface area contributed by atoms with Crippen molar-refractivity contribution in [3.8, 4) is 28.6 Å². The van der Waals surface area contributed by atoms with E-state index in [-0.39, 0.29) is 11.5 Å². The van der Waals surface area contributed by atoms with Gasteiger partial charge in [-0.25, -0.2) is 4.79 Å². The van der Waals surface area contributed by atoms with Gasteiger partial charge in [-0.05, 0) is 18.2 Å². The number of rotatable bonds is 3. The normalized spacial score (nSPS) is 10.1. The van der Waals surface area contributed by atoms with Crippen LogP contribution in [0.5, 0.6) is 17.2 Å². The van der Waals surface area contributed by atoms with Gasteiger partial charge in [0.25, 0.3) is 0 Å². The minimum atomic E-state index is -0.611. The van der Waals surface area contributed by atoms with Gasteiger partial charge in [-0.2, -0.15) is 0 Å². The first-order valence-corrected chi connectivity index (χ1v) is 5.20.